The minimum atomic E-state index is -0.951. The lowest BCUT2D eigenvalue weighted by Gasteiger charge is -2.06. The monoisotopic (exact) mass is 344 g/mol. The van der Waals surface area contributed by atoms with E-state index in [1.165, 1.54) is 23.5 Å². The Morgan fingerprint density at radius 2 is 2.16 bits per heavy atom. The Bertz CT molecular complexity index is 604. The Balaban J connectivity index is 2.12. The van der Waals surface area contributed by atoms with Crippen molar-refractivity contribution in [3.8, 4) is 5.75 Å². The van der Waals surface area contributed by atoms with Crippen LogP contribution in [0.2, 0.25) is 0 Å². The molecule has 1 aromatic carbocycles. The van der Waals surface area contributed by atoms with Gasteiger partial charge < -0.3 is 9.84 Å². The molecule has 2 aromatic rings. The predicted octanol–water partition coefficient (Wildman–Crippen LogP) is 4.24. The maximum Gasteiger partial charge on any atom is 0.345 e. The second kappa shape index (κ2) is 5.71. The molecule has 0 aliphatic rings. The number of carboxylic acid groups (broad SMARTS) is 1. The molecule has 6 heteroatoms. The minimum absolute atomic E-state index is 0.214. The second-order valence-electron chi connectivity index (χ2n) is 3.89. The first kappa shape index (κ1) is 14.0. The Morgan fingerprint density at radius 3 is 2.74 bits per heavy atom. The first-order valence-electron chi connectivity index (χ1n) is 5.37. The van der Waals surface area contributed by atoms with Crippen LogP contribution in [0, 0.1) is 12.7 Å². The average Bonchev–Trinajstić information content (AvgIpc) is 2.67. The number of carbonyl (C=O) groups is 1. The van der Waals surface area contributed by atoms with Crippen LogP contribution >= 0.6 is 27.3 Å². The zero-order chi connectivity index (χ0) is 14.0. The normalized spacial score (nSPS) is 10.5. The van der Waals surface area contributed by atoms with Gasteiger partial charge in [0.1, 0.15) is 23.1 Å². The molecule has 3 nitrogen and oxygen atoms in total. The van der Waals surface area contributed by atoms with Gasteiger partial charge in [-0.25, -0.2) is 9.18 Å². The quantitative estimate of drug-likeness (QED) is 0.902. The number of benzene rings is 1. The van der Waals surface area contributed by atoms with Crippen LogP contribution < -0.4 is 4.74 Å². The highest BCUT2D eigenvalue weighted by molar-refractivity contribution is 9.10. The SMILES string of the molecule is Cc1sc(C(=O)O)cc1COc1cc(F)cc(Br)c1. The molecule has 2 rings (SSSR count). The molecular formula is C13H10BrFO3S. The summed E-state index contributed by atoms with van der Waals surface area (Å²) in [6, 6.07) is 5.86. The van der Waals surface area contributed by atoms with Crippen molar-refractivity contribution in [1.29, 1.82) is 0 Å². The summed E-state index contributed by atoms with van der Waals surface area (Å²) in [6.45, 7) is 2.04. The smallest absolute Gasteiger partial charge is 0.345 e. The zero-order valence-electron chi connectivity index (χ0n) is 9.94. The molecule has 19 heavy (non-hydrogen) atoms. The summed E-state index contributed by atoms with van der Waals surface area (Å²) in [6.07, 6.45) is 0. The van der Waals surface area contributed by atoms with Gasteiger partial charge in [-0.2, -0.15) is 0 Å². The van der Waals surface area contributed by atoms with Gasteiger partial charge in [0, 0.05) is 21.0 Å². The molecule has 0 fully saturated rings. The molecule has 1 N–H and O–H groups in total. The second-order valence-corrected chi connectivity index (χ2v) is 6.06. The fourth-order valence-corrected chi connectivity index (χ4v) is 2.85. The van der Waals surface area contributed by atoms with Crippen LogP contribution in [-0.4, -0.2) is 11.1 Å². The summed E-state index contributed by atoms with van der Waals surface area (Å²) in [5, 5.41) is 8.89. The third kappa shape index (κ3) is 3.54. The minimum Gasteiger partial charge on any atom is -0.489 e. The van der Waals surface area contributed by atoms with Gasteiger partial charge in [-0.3, -0.25) is 0 Å². The van der Waals surface area contributed by atoms with Crippen LogP contribution in [0.3, 0.4) is 0 Å². The number of rotatable bonds is 4. The largest absolute Gasteiger partial charge is 0.489 e. The summed E-state index contributed by atoms with van der Waals surface area (Å²) in [4.78, 5) is 12.0. The van der Waals surface area contributed by atoms with Gasteiger partial charge in [0.25, 0.3) is 0 Å². The maximum absolute atomic E-state index is 13.2. The van der Waals surface area contributed by atoms with Crippen LogP contribution in [0.25, 0.3) is 0 Å². The van der Waals surface area contributed by atoms with Gasteiger partial charge in [0.2, 0.25) is 0 Å². The fourth-order valence-electron chi connectivity index (χ4n) is 1.54. The molecule has 1 heterocycles. The van der Waals surface area contributed by atoms with Crippen molar-refractivity contribution in [3.05, 3.63) is 49.9 Å². The van der Waals surface area contributed by atoms with Crippen LogP contribution in [0.1, 0.15) is 20.1 Å². The molecule has 0 aliphatic heterocycles. The zero-order valence-corrected chi connectivity index (χ0v) is 12.3. The van der Waals surface area contributed by atoms with Crippen molar-refractivity contribution in [2.45, 2.75) is 13.5 Å². The molecule has 0 spiro atoms. The number of halogens is 2. The van der Waals surface area contributed by atoms with E-state index < -0.39 is 11.8 Å². The van der Waals surface area contributed by atoms with Crippen molar-refractivity contribution in [2.75, 3.05) is 0 Å². The number of hydrogen-bond donors (Lipinski definition) is 1. The predicted molar refractivity (Wildman–Crippen MR) is 74.4 cm³/mol. The summed E-state index contributed by atoms with van der Waals surface area (Å²) in [7, 11) is 0. The topological polar surface area (TPSA) is 46.5 Å². The van der Waals surface area contributed by atoms with Crippen LogP contribution in [0.5, 0.6) is 5.75 Å². The fraction of sp³-hybridized carbons (Fsp3) is 0.154. The van der Waals surface area contributed by atoms with Crippen LogP contribution in [0.15, 0.2) is 28.7 Å². The van der Waals surface area contributed by atoms with E-state index in [1.807, 2.05) is 6.92 Å². The lowest BCUT2D eigenvalue weighted by atomic mass is 10.2. The molecule has 0 saturated carbocycles. The van der Waals surface area contributed by atoms with Crippen molar-refractivity contribution >= 4 is 33.2 Å². The van der Waals surface area contributed by atoms with Crippen LogP contribution in [-0.2, 0) is 6.61 Å². The van der Waals surface area contributed by atoms with Gasteiger partial charge >= 0.3 is 5.97 Å². The lowest BCUT2D eigenvalue weighted by Crippen LogP contribution is -1.96. The summed E-state index contributed by atoms with van der Waals surface area (Å²) >= 11 is 4.38. The summed E-state index contributed by atoms with van der Waals surface area (Å²) in [5.74, 6) is -0.945. The Morgan fingerprint density at radius 1 is 1.42 bits per heavy atom. The Kier molecular flexibility index (Phi) is 4.21. The molecule has 0 radical (unpaired) electrons. The molecule has 1 aromatic heterocycles. The highest BCUT2D eigenvalue weighted by atomic mass is 79.9. The highest BCUT2D eigenvalue weighted by Crippen LogP contribution is 2.25. The van der Waals surface area contributed by atoms with E-state index in [-0.39, 0.29) is 11.5 Å². The first-order chi connectivity index (χ1) is 8.95. The Hall–Kier alpha value is -1.40. The number of aryl methyl sites for hydroxylation is 1. The van der Waals surface area contributed by atoms with E-state index in [0.29, 0.717) is 10.2 Å². The van der Waals surface area contributed by atoms with Crippen molar-refractivity contribution < 1.29 is 19.0 Å². The van der Waals surface area contributed by atoms with Gasteiger partial charge in [0.15, 0.2) is 0 Å². The number of aromatic carboxylic acids is 1. The van der Waals surface area contributed by atoms with Crippen LogP contribution in [0.4, 0.5) is 4.39 Å². The third-order valence-electron chi connectivity index (χ3n) is 2.46. The standard InChI is InChI=1S/C13H10BrFO3S/c1-7-8(2-12(19-7)13(16)17)6-18-11-4-9(14)3-10(15)5-11/h2-5H,6H2,1H3,(H,16,17). The van der Waals surface area contributed by atoms with E-state index in [1.54, 1.807) is 12.1 Å². The third-order valence-corrected chi connectivity index (χ3v) is 4.00. The highest BCUT2D eigenvalue weighted by Gasteiger charge is 2.11. The van der Waals surface area contributed by atoms with E-state index in [0.717, 1.165) is 10.4 Å². The number of ether oxygens (including phenoxy) is 1. The Labute approximate surface area is 121 Å². The molecule has 0 amide bonds. The number of thiophene rings is 1. The summed E-state index contributed by atoms with van der Waals surface area (Å²) < 4.78 is 19.2. The maximum atomic E-state index is 13.2. The van der Waals surface area contributed by atoms with Crippen molar-refractivity contribution in [3.63, 3.8) is 0 Å². The molecule has 100 valence electrons. The van der Waals surface area contributed by atoms with Crippen molar-refractivity contribution in [1.82, 2.24) is 0 Å². The van der Waals surface area contributed by atoms with E-state index in [2.05, 4.69) is 15.9 Å². The molecule has 0 saturated heterocycles. The number of carboxylic acids is 1. The van der Waals surface area contributed by atoms with Gasteiger partial charge in [-0.15, -0.1) is 11.3 Å². The van der Waals surface area contributed by atoms with Gasteiger partial charge in [-0.05, 0) is 25.1 Å². The van der Waals surface area contributed by atoms with E-state index in [9.17, 15) is 9.18 Å². The number of hydrogen-bond acceptors (Lipinski definition) is 3. The average molecular weight is 345 g/mol. The van der Waals surface area contributed by atoms with Gasteiger partial charge in [0.05, 0.1) is 0 Å². The molecule has 0 bridgehead atoms. The first-order valence-corrected chi connectivity index (χ1v) is 6.98. The van der Waals surface area contributed by atoms with E-state index in [4.69, 9.17) is 9.84 Å². The molecule has 0 atom stereocenters. The lowest BCUT2D eigenvalue weighted by molar-refractivity contribution is 0.0702. The summed E-state index contributed by atoms with van der Waals surface area (Å²) in [5.41, 5.74) is 0.794. The van der Waals surface area contributed by atoms with Gasteiger partial charge in [-0.1, -0.05) is 15.9 Å². The molecular weight excluding hydrogens is 335 g/mol. The van der Waals surface area contributed by atoms with E-state index >= 15 is 0 Å². The van der Waals surface area contributed by atoms with Crippen molar-refractivity contribution in [2.24, 2.45) is 0 Å². The molecule has 0 unspecified atom stereocenters. The molecule has 0 aliphatic carbocycles.